The second-order valence-corrected chi connectivity index (χ2v) is 5.98. The highest BCUT2D eigenvalue weighted by Crippen LogP contribution is 2.28. The van der Waals surface area contributed by atoms with E-state index in [1.807, 2.05) is 25.1 Å². The van der Waals surface area contributed by atoms with E-state index in [1.165, 1.54) is 9.75 Å². The molecule has 0 saturated heterocycles. The van der Waals surface area contributed by atoms with Gasteiger partial charge in [-0.3, -0.25) is 0 Å². The fourth-order valence-electron chi connectivity index (χ4n) is 1.95. The molecule has 1 aromatic carbocycles. The average molecular weight is 276 g/mol. The third kappa shape index (κ3) is 3.58. The fourth-order valence-corrected chi connectivity index (χ4v) is 2.82. The van der Waals surface area contributed by atoms with Crippen LogP contribution in [-0.4, -0.2) is 5.11 Å². The molecule has 0 aliphatic heterocycles. The molecule has 2 nitrogen and oxygen atoms in total. The minimum Gasteiger partial charge on any atom is -0.488 e. The first-order valence-corrected chi connectivity index (χ1v) is 7.40. The molecule has 0 unspecified atom stereocenters. The van der Waals surface area contributed by atoms with Gasteiger partial charge in [-0.05, 0) is 44.0 Å². The topological polar surface area (TPSA) is 29.5 Å². The number of thiophene rings is 1. The van der Waals surface area contributed by atoms with Gasteiger partial charge in [-0.25, -0.2) is 0 Å². The van der Waals surface area contributed by atoms with E-state index in [0.717, 1.165) is 23.3 Å². The van der Waals surface area contributed by atoms with Gasteiger partial charge in [0.2, 0.25) is 0 Å². The molecule has 2 aromatic rings. The molecular formula is C16H20O2S. The number of hydrogen-bond donors (Lipinski definition) is 1. The smallest absolute Gasteiger partial charge is 0.125 e. The molecule has 0 radical (unpaired) electrons. The third-order valence-corrected chi connectivity index (χ3v) is 4.26. The Hall–Kier alpha value is -1.32. The van der Waals surface area contributed by atoms with Crippen LogP contribution in [-0.2, 0) is 13.0 Å². The van der Waals surface area contributed by atoms with Crippen LogP contribution in [0.2, 0.25) is 0 Å². The summed E-state index contributed by atoms with van der Waals surface area (Å²) in [6.45, 7) is 6.51. The van der Waals surface area contributed by atoms with Gasteiger partial charge in [0, 0.05) is 15.3 Å². The number of aliphatic hydroxyl groups is 1. The van der Waals surface area contributed by atoms with E-state index in [-0.39, 0.29) is 0 Å². The lowest BCUT2D eigenvalue weighted by Crippen LogP contribution is -2.00. The Kier molecular flexibility index (Phi) is 4.61. The predicted octanol–water partition coefficient (Wildman–Crippen LogP) is 4.25. The van der Waals surface area contributed by atoms with Crippen molar-refractivity contribution in [2.45, 2.75) is 39.9 Å². The first-order chi connectivity index (χ1) is 9.10. The maximum absolute atomic E-state index is 9.76. The van der Waals surface area contributed by atoms with Gasteiger partial charge in [0.1, 0.15) is 12.4 Å². The highest BCUT2D eigenvalue weighted by molar-refractivity contribution is 7.11. The molecule has 1 aromatic heterocycles. The van der Waals surface area contributed by atoms with Crippen molar-refractivity contribution in [2.75, 3.05) is 0 Å². The van der Waals surface area contributed by atoms with Crippen LogP contribution in [0.1, 0.15) is 40.8 Å². The molecule has 0 aliphatic rings. The lowest BCUT2D eigenvalue weighted by molar-refractivity contribution is 0.190. The van der Waals surface area contributed by atoms with Crippen LogP contribution in [0.5, 0.6) is 5.75 Å². The van der Waals surface area contributed by atoms with Gasteiger partial charge >= 0.3 is 0 Å². The Bertz CT molecular complexity index is 543. The molecule has 0 spiro atoms. The monoisotopic (exact) mass is 276 g/mol. The molecule has 2 rings (SSSR count). The minimum absolute atomic E-state index is 0.509. The zero-order valence-corrected chi connectivity index (χ0v) is 12.5. The van der Waals surface area contributed by atoms with Crippen molar-refractivity contribution < 1.29 is 9.84 Å². The number of rotatable bonds is 5. The Balaban J connectivity index is 2.12. The number of aliphatic hydroxyl groups excluding tert-OH is 1. The molecule has 0 saturated carbocycles. The van der Waals surface area contributed by atoms with E-state index in [2.05, 4.69) is 19.1 Å². The first-order valence-electron chi connectivity index (χ1n) is 6.59. The van der Waals surface area contributed by atoms with Crippen molar-refractivity contribution in [3.8, 4) is 5.75 Å². The lowest BCUT2D eigenvalue weighted by Gasteiger charge is -2.13. The zero-order chi connectivity index (χ0) is 13.8. The molecule has 0 amide bonds. The molecule has 102 valence electrons. The largest absolute Gasteiger partial charge is 0.488 e. The standard InChI is InChI=1S/C16H20O2S/c1-4-13-6-7-14(19-13)10-18-16-9-11(2)5-8-15(16)12(3)17/h5-9,12,17H,4,10H2,1-3H3/t12-/m1/s1. The van der Waals surface area contributed by atoms with E-state index in [0.29, 0.717) is 6.61 Å². The molecule has 0 bridgehead atoms. The van der Waals surface area contributed by atoms with Gasteiger partial charge in [-0.1, -0.05) is 19.1 Å². The third-order valence-electron chi connectivity index (χ3n) is 3.05. The van der Waals surface area contributed by atoms with Crippen LogP contribution in [0.3, 0.4) is 0 Å². The van der Waals surface area contributed by atoms with Gasteiger partial charge < -0.3 is 9.84 Å². The molecule has 19 heavy (non-hydrogen) atoms. The minimum atomic E-state index is -0.509. The first kappa shape index (κ1) is 14.1. The summed E-state index contributed by atoms with van der Waals surface area (Å²) < 4.78 is 5.87. The fraction of sp³-hybridized carbons (Fsp3) is 0.375. The van der Waals surface area contributed by atoms with E-state index in [1.54, 1.807) is 18.3 Å². The molecule has 0 fully saturated rings. The lowest BCUT2D eigenvalue weighted by atomic mass is 10.1. The average Bonchev–Trinajstić information content (AvgIpc) is 2.84. The molecular weight excluding hydrogens is 256 g/mol. The van der Waals surface area contributed by atoms with E-state index >= 15 is 0 Å². The summed E-state index contributed by atoms with van der Waals surface area (Å²) in [5.74, 6) is 0.779. The number of hydrogen-bond acceptors (Lipinski definition) is 3. The highest BCUT2D eigenvalue weighted by atomic mass is 32.1. The van der Waals surface area contributed by atoms with Crippen molar-refractivity contribution in [2.24, 2.45) is 0 Å². The van der Waals surface area contributed by atoms with Gasteiger partial charge in [-0.2, -0.15) is 0 Å². The summed E-state index contributed by atoms with van der Waals surface area (Å²) in [6.07, 6.45) is 0.554. The number of ether oxygens (including phenoxy) is 1. The Morgan fingerprint density at radius 2 is 1.95 bits per heavy atom. The zero-order valence-electron chi connectivity index (χ0n) is 11.6. The van der Waals surface area contributed by atoms with Crippen molar-refractivity contribution in [1.82, 2.24) is 0 Å². The second-order valence-electron chi connectivity index (χ2n) is 4.73. The number of aryl methyl sites for hydroxylation is 2. The summed E-state index contributed by atoms with van der Waals surface area (Å²) in [4.78, 5) is 2.59. The summed E-state index contributed by atoms with van der Waals surface area (Å²) in [6, 6.07) is 10.2. The van der Waals surface area contributed by atoms with Crippen LogP contribution in [0, 0.1) is 6.92 Å². The number of benzene rings is 1. The predicted molar refractivity (Wildman–Crippen MR) is 79.8 cm³/mol. The van der Waals surface area contributed by atoms with Crippen LogP contribution in [0.15, 0.2) is 30.3 Å². The van der Waals surface area contributed by atoms with Crippen molar-refractivity contribution in [3.05, 3.63) is 51.2 Å². The normalized spacial score (nSPS) is 12.4. The molecule has 1 N–H and O–H groups in total. The summed E-state index contributed by atoms with van der Waals surface area (Å²) in [7, 11) is 0. The van der Waals surface area contributed by atoms with E-state index in [4.69, 9.17) is 4.74 Å². The van der Waals surface area contributed by atoms with Crippen LogP contribution < -0.4 is 4.74 Å². The van der Waals surface area contributed by atoms with Gasteiger partial charge in [-0.15, -0.1) is 11.3 Å². The molecule has 0 aliphatic carbocycles. The highest BCUT2D eigenvalue weighted by Gasteiger charge is 2.10. The van der Waals surface area contributed by atoms with Crippen molar-refractivity contribution in [1.29, 1.82) is 0 Å². The van der Waals surface area contributed by atoms with Gasteiger partial charge in [0.25, 0.3) is 0 Å². The quantitative estimate of drug-likeness (QED) is 0.884. The Labute approximate surface area is 118 Å². The molecule has 3 heteroatoms. The Morgan fingerprint density at radius 3 is 2.58 bits per heavy atom. The Morgan fingerprint density at radius 1 is 1.21 bits per heavy atom. The van der Waals surface area contributed by atoms with Crippen LogP contribution in [0.4, 0.5) is 0 Å². The summed E-state index contributed by atoms with van der Waals surface area (Å²) >= 11 is 1.78. The van der Waals surface area contributed by atoms with Gasteiger partial charge in [0.15, 0.2) is 0 Å². The second kappa shape index (κ2) is 6.22. The van der Waals surface area contributed by atoms with E-state index in [9.17, 15) is 5.11 Å². The maximum atomic E-state index is 9.76. The SMILES string of the molecule is CCc1ccc(COc2cc(C)ccc2[C@@H](C)O)s1. The van der Waals surface area contributed by atoms with Crippen LogP contribution in [0.25, 0.3) is 0 Å². The van der Waals surface area contributed by atoms with E-state index < -0.39 is 6.10 Å². The van der Waals surface area contributed by atoms with Gasteiger partial charge in [0.05, 0.1) is 6.10 Å². The summed E-state index contributed by atoms with van der Waals surface area (Å²) in [5.41, 5.74) is 1.98. The van der Waals surface area contributed by atoms with Crippen LogP contribution >= 0.6 is 11.3 Å². The summed E-state index contributed by atoms with van der Waals surface area (Å²) in [5, 5.41) is 9.76. The van der Waals surface area contributed by atoms with Crippen molar-refractivity contribution in [3.63, 3.8) is 0 Å². The molecule has 1 atom stereocenters. The maximum Gasteiger partial charge on any atom is 0.125 e. The van der Waals surface area contributed by atoms with Crippen molar-refractivity contribution >= 4 is 11.3 Å². The molecule has 1 heterocycles.